The fourth-order valence-corrected chi connectivity index (χ4v) is 4.94. The van der Waals surface area contributed by atoms with Crippen molar-refractivity contribution < 1.29 is 9.18 Å². The molecule has 5 nitrogen and oxygen atoms in total. The molecule has 0 unspecified atom stereocenters. The van der Waals surface area contributed by atoms with Gasteiger partial charge in [0.2, 0.25) is 5.91 Å². The monoisotopic (exact) mass is 420 g/mol. The predicted octanol–water partition coefficient (Wildman–Crippen LogP) is 3.30. The molecule has 7 heteroatoms. The van der Waals surface area contributed by atoms with Gasteiger partial charge in [-0.2, -0.15) is 5.10 Å². The highest BCUT2D eigenvalue weighted by molar-refractivity contribution is 5.85. The molecule has 1 aliphatic carbocycles. The third kappa shape index (κ3) is 4.64. The second-order valence-corrected chi connectivity index (χ2v) is 8.39. The van der Waals surface area contributed by atoms with Gasteiger partial charge in [0.25, 0.3) is 0 Å². The second kappa shape index (κ2) is 9.26. The minimum Gasteiger partial charge on any atom is -0.355 e. The standard InChI is InChI=1S/C22H29FN4O.ClH/c1-27-14-16(11-26-27)19-12-24-13-20(19)21(28)25-15-22(8-3-2-4-9-22)17-6-5-7-18(23)10-17;/h5-7,10-11,14,19-20,24H,2-4,8-9,12-13,15H2,1H3,(H,25,28);1H/t19-,20+;/m1./s1. The minimum atomic E-state index is -0.203. The molecule has 2 aromatic rings. The molecule has 2 aliphatic rings. The normalized spacial score (nSPS) is 23.4. The Kier molecular flexibility index (Phi) is 6.96. The van der Waals surface area contributed by atoms with Crippen molar-refractivity contribution in [2.75, 3.05) is 19.6 Å². The molecular formula is C22H30ClFN4O. The number of nitrogens with zero attached hydrogens (tertiary/aromatic N) is 2. The maximum Gasteiger partial charge on any atom is 0.225 e. The lowest BCUT2D eigenvalue weighted by Crippen LogP contribution is -2.45. The van der Waals surface area contributed by atoms with Crippen LogP contribution in [0.25, 0.3) is 0 Å². The van der Waals surface area contributed by atoms with Gasteiger partial charge in [-0.05, 0) is 36.1 Å². The van der Waals surface area contributed by atoms with E-state index in [0.29, 0.717) is 13.1 Å². The molecule has 158 valence electrons. The van der Waals surface area contributed by atoms with E-state index in [9.17, 15) is 9.18 Å². The molecule has 1 amide bonds. The first-order valence-electron chi connectivity index (χ1n) is 10.3. The average molecular weight is 421 g/mol. The maximum absolute atomic E-state index is 13.9. The molecule has 0 bridgehead atoms. The van der Waals surface area contributed by atoms with Crippen LogP contribution in [0.2, 0.25) is 0 Å². The fourth-order valence-electron chi connectivity index (χ4n) is 4.94. The summed E-state index contributed by atoms with van der Waals surface area (Å²) < 4.78 is 15.7. The molecule has 1 saturated heterocycles. The van der Waals surface area contributed by atoms with E-state index >= 15 is 0 Å². The smallest absolute Gasteiger partial charge is 0.225 e. The number of halogens is 2. The van der Waals surface area contributed by atoms with Crippen LogP contribution in [0.5, 0.6) is 0 Å². The fraction of sp³-hybridized carbons (Fsp3) is 0.545. The van der Waals surface area contributed by atoms with Crippen LogP contribution < -0.4 is 10.6 Å². The van der Waals surface area contributed by atoms with Crippen LogP contribution in [0.15, 0.2) is 36.7 Å². The van der Waals surface area contributed by atoms with Gasteiger partial charge in [0.05, 0.1) is 12.1 Å². The van der Waals surface area contributed by atoms with Crippen molar-refractivity contribution in [2.24, 2.45) is 13.0 Å². The molecule has 2 heterocycles. The Morgan fingerprint density at radius 1 is 1.31 bits per heavy atom. The molecule has 0 spiro atoms. The van der Waals surface area contributed by atoms with E-state index in [0.717, 1.165) is 43.4 Å². The number of aromatic nitrogens is 2. The van der Waals surface area contributed by atoms with Crippen LogP contribution in [0.3, 0.4) is 0 Å². The number of hydrogen-bond acceptors (Lipinski definition) is 3. The van der Waals surface area contributed by atoms with Gasteiger partial charge in [0.1, 0.15) is 5.82 Å². The van der Waals surface area contributed by atoms with Gasteiger partial charge in [0.15, 0.2) is 0 Å². The summed E-state index contributed by atoms with van der Waals surface area (Å²) in [6.07, 6.45) is 9.28. The molecule has 1 saturated carbocycles. The number of rotatable bonds is 5. The van der Waals surface area contributed by atoms with Crippen molar-refractivity contribution in [3.05, 3.63) is 53.6 Å². The zero-order chi connectivity index (χ0) is 19.6. The van der Waals surface area contributed by atoms with Crippen LogP contribution in [-0.2, 0) is 17.3 Å². The van der Waals surface area contributed by atoms with Crippen LogP contribution in [0, 0.1) is 11.7 Å². The van der Waals surface area contributed by atoms with E-state index in [2.05, 4.69) is 15.7 Å². The lowest BCUT2D eigenvalue weighted by Gasteiger charge is -2.38. The molecule has 2 atom stereocenters. The van der Waals surface area contributed by atoms with Gasteiger partial charge >= 0.3 is 0 Å². The van der Waals surface area contributed by atoms with Crippen LogP contribution in [0.1, 0.15) is 49.1 Å². The summed E-state index contributed by atoms with van der Waals surface area (Å²) in [5.41, 5.74) is 1.96. The van der Waals surface area contributed by atoms with Gasteiger partial charge < -0.3 is 10.6 Å². The molecule has 1 aromatic carbocycles. The van der Waals surface area contributed by atoms with Crippen LogP contribution in [-0.4, -0.2) is 35.3 Å². The molecule has 0 radical (unpaired) electrons. The van der Waals surface area contributed by atoms with Crippen molar-refractivity contribution in [1.29, 1.82) is 0 Å². The highest BCUT2D eigenvalue weighted by Gasteiger charge is 2.38. The van der Waals surface area contributed by atoms with Gasteiger partial charge in [-0.3, -0.25) is 9.48 Å². The summed E-state index contributed by atoms with van der Waals surface area (Å²) in [4.78, 5) is 13.1. The van der Waals surface area contributed by atoms with E-state index in [1.54, 1.807) is 16.8 Å². The van der Waals surface area contributed by atoms with Gasteiger partial charge in [-0.1, -0.05) is 31.4 Å². The summed E-state index contributed by atoms with van der Waals surface area (Å²) >= 11 is 0. The topological polar surface area (TPSA) is 59.0 Å². The Bertz CT molecular complexity index is 834. The molecule has 4 rings (SSSR count). The molecule has 2 fully saturated rings. The first-order chi connectivity index (χ1) is 13.6. The summed E-state index contributed by atoms with van der Waals surface area (Å²) in [5, 5.41) is 10.8. The number of nitrogens with one attached hydrogen (secondary N) is 2. The van der Waals surface area contributed by atoms with E-state index in [4.69, 9.17) is 0 Å². The average Bonchev–Trinajstić information content (AvgIpc) is 3.36. The van der Waals surface area contributed by atoms with E-state index < -0.39 is 0 Å². The molecule has 29 heavy (non-hydrogen) atoms. The first kappa shape index (κ1) is 21.8. The Hall–Kier alpha value is -1.92. The zero-order valence-electron chi connectivity index (χ0n) is 16.9. The van der Waals surface area contributed by atoms with Crippen molar-refractivity contribution in [1.82, 2.24) is 20.4 Å². The van der Waals surface area contributed by atoms with E-state index in [-0.39, 0.29) is 41.4 Å². The van der Waals surface area contributed by atoms with Crippen LogP contribution in [0.4, 0.5) is 4.39 Å². The summed E-state index contributed by atoms with van der Waals surface area (Å²) in [7, 11) is 1.90. The molecule has 1 aliphatic heterocycles. The minimum absolute atomic E-state index is 0. The number of carbonyl (C=O) groups is 1. The molecule has 1 aromatic heterocycles. The lowest BCUT2D eigenvalue weighted by molar-refractivity contribution is -0.125. The number of benzene rings is 1. The van der Waals surface area contributed by atoms with Crippen LogP contribution >= 0.6 is 12.4 Å². The van der Waals surface area contributed by atoms with Crippen molar-refractivity contribution in [2.45, 2.75) is 43.4 Å². The van der Waals surface area contributed by atoms with Gasteiger partial charge in [-0.15, -0.1) is 12.4 Å². The number of hydrogen-bond donors (Lipinski definition) is 2. The van der Waals surface area contributed by atoms with E-state index in [1.807, 2.05) is 25.5 Å². The Morgan fingerprint density at radius 2 is 2.10 bits per heavy atom. The summed E-state index contributed by atoms with van der Waals surface area (Å²) in [6.45, 7) is 2.04. The Morgan fingerprint density at radius 3 is 2.79 bits per heavy atom. The van der Waals surface area contributed by atoms with E-state index in [1.165, 1.54) is 12.5 Å². The quantitative estimate of drug-likeness (QED) is 0.780. The Labute approximate surface area is 177 Å². The zero-order valence-corrected chi connectivity index (χ0v) is 17.7. The molecule has 2 N–H and O–H groups in total. The second-order valence-electron chi connectivity index (χ2n) is 8.39. The number of carbonyl (C=O) groups excluding carboxylic acids is 1. The largest absolute Gasteiger partial charge is 0.355 e. The third-order valence-electron chi connectivity index (χ3n) is 6.55. The summed E-state index contributed by atoms with van der Waals surface area (Å²) in [6, 6.07) is 6.92. The maximum atomic E-state index is 13.9. The lowest BCUT2D eigenvalue weighted by atomic mass is 9.69. The van der Waals surface area contributed by atoms with Crippen molar-refractivity contribution >= 4 is 18.3 Å². The SMILES string of the molecule is Cl.Cn1cc([C@H]2CNC[C@@H]2C(=O)NCC2(c3cccc(F)c3)CCCCC2)cn1. The molecular weight excluding hydrogens is 391 g/mol. The van der Waals surface area contributed by atoms with Crippen molar-refractivity contribution in [3.8, 4) is 0 Å². The first-order valence-corrected chi connectivity index (χ1v) is 10.3. The third-order valence-corrected chi connectivity index (χ3v) is 6.55. The highest BCUT2D eigenvalue weighted by atomic mass is 35.5. The Balaban J connectivity index is 0.00000240. The predicted molar refractivity (Wildman–Crippen MR) is 114 cm³/mol. The van der Waals surface area contributed by atoms with Gasteiger partial charge in [0, 0.05) is 44.2 Å². The highest BCUT2D eigenvalue weighted by Crippen LogP contribution is 2.39. The van der Waals surface area contributed by atoms with Crippen molar-refractivity contribution in [3.63, 3.8) is 0 Å². The summed E-state index contributed by atoms with van der Waals surface area (Å²) in [5.74, 6) is -0.0758. The number of amides is 1. The van der Waals surface area contributed by atoms with Gasteiger partial charge in [-0.25, -0.2) is 4.39 Å². The number of aryl methyl sites for hydroxylation is 1.